The van der Waals surface area contributed by atoms with E-state index >= 15 is 0 Å². The minimum atomic E-state index is -0.352. The minimum absolute atomic E-state index is 0.0771. The molecule has 0 aliphatic heterocycles. The second-order valence-corrected chi connectivity index (χ2v) is 6.14. The number of nitrogens with one attached hydrogen (secondary N) is 3. The number of hydrogen-bond donors (Lipinski definition) is 3. The largest absolute Gasteiger partial charge is 0.493 e. The Hall–Kier alpha value is -2.93. The number of rotatable bonds is 7. The van der Waals surface area contributed by atoms with Crippen molar-refractivity contribution in [2.24, 2.45) is 0 Å². The van der Waals surface area contributed by atoms with E-state index < -0.39 is 0 Å². The molecule has 2 rings (SSSR count). The van der Waals surface area contributed by atoms with Crippen molar-refractivity contribution in [3.8, 4) is 5.75 Å². The summed E-state index contributed by atoms with van der Waals surface area (Å²) in [7, 11) is 0. The molecule has 0 unspecified atom stereocenters. The van der Waals surface area contributed by atoms with Gasteiger partial charge in [-0.1, -0.05) is 32.0 Å². The molecular weight excluding hydrogens is 362 g/mol. The van der Waals surface area contributed by atoms with Gasteiger partial charge < -0.3 is 15.4 Å². The van der Waals surface area contributed by atoms with E-state index in [0.29, 0.717) is 35.7 Å². The molecule has 7 heteroatoms. The number of amides is 2. The molecular formula is C20H23N3O3S. The van der Waals surface area contributed by atoms with Crippen molar-refractivity contribution >= 4 is 40.5 Å². The van der Waals surface area contributed by atoms with E-state index in [1.807, 2.05) is 13.0 Å². The summed E-state index contributed by atoms with van der Waals surface area (Å²) in [4.78, 5) is 24.0. The lowest BCUT2D eigenvalue weighted by molar-refractivity contribution is -0.115. The molecule has 2 aromatic rings. The van der Waals surface area contributed by atoms with Crippen molar-refractivity contribution < 1.29 is 14.3 Å². The third-order valence-corrected chi connectivity index (χ3v) is 3.75. The monoisotopic (exact) mass is 385 g/mol. The van der Waals surface area contributed by atoms with E-state index in [1.165, 1.54) is 0 Å². The molecule has 0 aliphatic rings. The highest BCUT2D eigenvalue weighted by molar-refractivity contribution is 7.80. The first-order chi connectivity index (χ1) is 13.0. The molecule has 142 valence electrons. The maximum absolute atomic E-state index is 12.5. The number of carbonyl (C=O) groups is 2. The van der Waals surface area contributed by atoms with Gasteiger partial charge in [0.15, 0.2) is 5.11 Å². The summed E-state index contributed by atoms with van der Waals surface area (Å²) in [6, 6.07) is 14.1. The molecule has 0 bridgehead atoms. The summed E-state index contributed by atoms with van der Waals surface area (Å²) in [5, 5.41) is 8.52. The first-order valence-electron chi connectivity index (χ1n) is 8.77. The van der Waals surface area contributed by atoms with E-state index in [9.17, 15) is 9.59 Å². The summed E-state index contributed by atoms with van der Waals surface area (Å²) < 4.78 is 5.61. The molecule has 0 saturated carbocycles. The van der Waals surface area contributed by atoms with Crippen LogP contribution in [-0.2, 0) is 4.79 Å². The molecule has 3 N–H and O–H groups in total. The number of hydrogen-bond acceptors (Lipinski definition) is 4. The molecule has 0 heterocycles. The number of para-hydroxylation sites is 1. The van der Waals surface area contributed by atoms with Crippen LogP contribution in [0.5, 0.6) is 5.75 Å². The van der Waals surface area contributed by atoms with E-state index in [-0.39, 0.29) is 16.9 Å². The number of carbonyl (C=O) groups excluding carboxylic acids is 2. The van der Waals surface area contributed by atoms with Crippen LogP contribution in [0, 0.1) is 0 Å². The summed E-state index contributed by atoms with van der Waals surface area (Å²) in [5.41, 5.74) is 1.73. The molecule has 0 atom stereocenters. The highest BCUT2D eigenvalue weighted by atomic mass is 32.1. The Morgan fingerprint density at radius 2 is 1.70 bits per heavy atom. The van der Waals surface area contributed by atoms with Crippen molar-refractivity contribution in [2.45, 2.75) is 26.7 Å². The smallest absolute Gasteiger partial charge is 0.261 e. The predicted octanol–water partition coefficient (Wildman–Crippen LogP) is 3.95. The van der Waals surface area contributed by atoms with Gasteiger partial charge in [0.25, 0.3) is 5.91 Å². The Morgan fingerprint density at radius 3 is 2.41 bits per heavy atom. The summed E-state index contributed by atoms with van der Waals surface area (Å²) in [5.74, 6) is 0.0882. The predicted molar refractivity (Wildman–Crippen MR) is 111 cm³/mol. The zero-order valence-corrected chi connectivity index (χ0v) is 16.2. The zero-order valence-electron chi connectivity index (χ0n) is 15.4. The molecule has 6 nitrogen and oxygen atoms in total. The maximum Gasteiger partial charge on any atom is 0.261 e. The van der Waals surface area contributed by atoms with Gasteiger partial charge in [-0.05, 0) is 49.0 Å². The summed E-state index contributed by atoms with van der Waals surface area (Å²) in [6.07, 6.45) is 1.24. The molecule has 0 aliphatic carbocycles. The molecule has 2 aromatic carbocycles. The van der Waals surface area contributed by atoms with Crippen molar-refractivity contribution in [1.82, 2.24) is 5.32 Å². The van der Waals surface area contributed by atoms with E-state index in [1.54, 1.807) is 49.4 Å². The lowest BCUT2D eigenvalue weighted by Crippen LogP contribution is -2.34. The highest BCUT2D eigenvalue weighted by Crippen LogP contribution is 2.19. The van der Waals surface area contributed by atoms with Crippen LogP contribution < -0.4 is 20.7 Å². The van der Waals surface area contributed by atoms with E-state index in [0.717, 1.165) is 6.42 Å². The Bertz CT molecular complexity index is 824. The Balaban J connectivity index is 2.01. The average molecular weight is 385 g/mol. The lowest BCUT2D eigenvalue weighted by atomic mass is 10.2. The fourth-order valence-electron chi connectivity index (χ4n) is 2.25. The topological polar surface area (TPSA) is 79.5 Å². The van der Waals surface area contributed by atoms with Crippen molar-refractivity contribution in [3.05, 3.63) is 54.1 Å². The van der Waals surface area contributed by atoms with Crippen molar-refractivity contribution in [3.63, 3.8) is 0 Å². The number of benzene rings is 2. The molecule has 27 heavy (non-hydrogen) atoms. The second kappa shape index (κ2) is 10.3. The zero-order chi connectivity index (χ0) is 19.6. The van der Waals surface area contributed by atoms with Gasteiger partial charge in [-0.3, -0.25) is 14.9 Å². The van der Waals surface area contributed by atoms with Gasteiger partial charge >= 0.3 is 0 Å². The minimum Gasteiger partial charge on any atom is -0.493 e. The summed E-state index contributed by atoms with van der Waals surface area (Å²) >= 11 is 5.23. The van der Waals surface area contributed by atoms with Gasteiger partial charge in [-0.25, -0.2) is 0 Å². The van der Waals surface area contributed by atoms with Gasteiger partial charge in [0.1, 0.15) is 5.75 Å². The molecule has 2 amide bonds. The van der Waals surface area contributed by atoms with E-state index in [4.69, 9.17) is 17.0 Å². The van der Waals surface area contributed by atoms with Crippen molar-refractivity contribution in [1.29, 1.82) is 0 Å². The Kier molecular flexibility index (Phi) is 7.76. The fourth-order valence-corrected chi connectivity index (χ4v) is 2.46. The molecule has 0 spiro atoms. The van der Waals surface area contributed by atoms with Crippen LogP contribution in [0.25, 0.3) is 0 Å². The van der Waals surface area contributed by atoms with Crippen LogP contribution in [0.3, 0.4) is 0 Å². The van der Waals surface area contributed by atoms with Crippen molar-refractivity contribution in [2.75, 3.05) is 17.2 Å². The number of ether oxygens (including phenoxy) is 1. The lowest BCUT2D eigenvalue weighted by Gasteiger charge is -2.13. The molecule has 0 aromatic heterocycles. The average Bonchev–Trinajstić information content (AvgIpc) is 2.66. The quantitative estimate of drug-likeness (QED) is 0.629. The second-order valence-electron chi connectivity index (χ2n) is 5.74. The fraction of sp³-hybridized carbons (Fsp3) is 0.250. The first-order valence-corrected chi connectivity index (χ1v) is 9.18. The Morgan fingerprint density at radius 1 is 1.00 bits per heavy atom. The van der Waals surface area contributed by atoms with E-state index in [2.05, 4.69) is 16.0 Å². The maximum atomic E-state index is 12.5. The number of anilines is 2. The third kappa shape index (κ3) is 6.38. The van der Waals surface area contributed by atoms with Gasteiger partial charge in [-0.2, -0.15) is 0 Å². The SMILES string of the molecule is CCCOc1ccccc1C(=O)NC(=S)Nc1cccc(NC(=O)CC)c1. The number of thiocarbonyl (C=S) groups is 1. The van der Waals surface area contributed by atoms with Crippen LogP contribution in [0.4, 0.5) is 11.4 Å². The van der Waals surface area contributed by atoms with Gasteiger partial charge in [-0.15, -0.1) is 0 Å². The van der Waals surface area contributed by atoms with Gasteiger partial charge in [0.05, 0.1) is 12.2 Å². The van der Waals surface area contributed by atoms with Crippen LogP contribution >= 0.6 is 12.2 Å². The Labute approximate surface area is 164 Å². The standard InChI is InChI=1S/C20H23N3O3S/c1-3-12-26-17-11-6-5-10-16(17)19(25)23-20(27)22-15-9-7-8-14(13-15)21-18(24)4-2/h5-11,13H,3-4,12H2,1-2H3,(H,21,24)(H2,22,23,25,27). The molecule has 0 radical (unpaired) electrons. The highest BCUT2D eigenvalue weighted by Gasteiger charge is 2.13. The summed E-state index contributed by atoms with van der Waals surface area (Å²) in [6.45, 7) is 4.31. The van der Waals surface area contributed by atoms with Gasteiger partial charge in [0.2, 0.25) is 5.91 Å². The van der Waals surface area contributed by atoms with Crippen LogP contribution in [0.15, 0.2) is 48.5 Å². The molecule has 0 fully saturated rings. The molecule has 0 saturated heterocycles. The van der Waals surface area contributed by atoms with Crippen LogP contribution in [0.2, 0.25) is 0 Å². The third-order valence-electron chi connectivity index (χ3n) is 3.55. The van der Waals surface area contributed by atoms with Crippen LogP contribution in [-0.4, -0.2) is 23.5 Å². The van der Waals surface area contributed by atoms with Crippen LogP contribution in [0.1, 0.15) is 37.0 Å². The normalized spacial score (nSPS) is 10.0. The first kappa shape index (κ1) is 20.4. The van der Waals surface area contributed by atoms with Gasteiger partial charge in [0, 0.05) is 17.8 Å².